The first-order chi connectivity index (χ1) is 9.46. The summed E-state index contributed by atoms with van der Waals surface area (Å²) in [6.45, 7) is 4.68. The van der Waals surface area contributed by atoms with Gasteiger partial charge in [0.15, 0.2) is 9.84 Å². The number of nitrogens with two attached hydrogens (primary N) is 1. The van der Waals surface area contributed by atoms with E-state index in [2.05, 4.69) is 13.8 Å². The normalized spacial score (nSPS) is 24.0. The fraction of sp³-hybridized carbons (Fsp3) is 0.625. The molecule has 0 aromatic heterocycles. The van der Waals surface area contributed by atoms with Crippen molar-refractivity contribution in [1.82, 2.24) is 0 Å². The molecule has 2 unspecified atom stereocenters. The first-order valence-corrected chi connectivity index (χ1v) is 9.05. The van der Waals surface area contributed by atoms with E-state index in [0.29, 0.717) is 17.4 Å². The molecule has 0 bridgehead atoms. The van der Waals surface area contributed by atoms with Crippen LogP contribution >= 0.6 is 0 Å². The molecular weight excluding hydrogens is 270 g/mol. The molecule has 1 saturated carbocycles. The van der Waals surface area contributed by atoms with Crippen molar-refractivity contribution in [3.63, 3.8) is 0 Å². The van der Waals surface area contributed by atoms with Crippen LogP contribution in [-0.4, -0.2) is 20.2 Å². The van der Waals surface area contributed by atoms with E-state index in [1.807, 2.05) is 12.1 Å². The lowest BCUT2D eigenvalue weighted by Crippen LogP contribution is -2.37. The lowest BCUT2D eigenvalue weighted by molar-refractivity contribution is 0.363. The highest BCUT2D eigenvalue weighted by Gasteiger charge is 2.35. The quantitative estimate of drug-likeness (QED) is 0.928. The van der Waals surface area contributed by atoms with Crippen LogP contribution in [0, 0.1) is 5.92 Å². The van der Waals surface area contributed by atoms with Crippen molar-refractivity contribution in [3.8, 4) is 0 Å². The highest BCUT2D eigenvalue weighted by molar-refractivity contribution is 7.92. The van der Waals surface area contributed by atoms with Gasteiger partial charge in [0, 0.05) is 0 Å². The number of hydrogen-bond donors (Lipinski definition) is 1. The van der Waals surface area contributed by atoms with Crippen LogP contribution in [0.1, 0.15) is 51.0 Å². The standard InChI is InChI=1S/C16H25NO2S/c1-12(2)13-7-9-15(10-8-13)20(18,19)16-6-4-3-5-14(16)11-17/h7-10,12,14,16H,3-6,11,17H2,1-2H3. The summed E-state index contributed by atoms with van der Waals surface area (Å²) in [5.74, 6) is 0.525. The zero-order valence-corrected chi connectivity index (χ0v) is 13.2. The summed E-state index contributed by atoms with van der Waals surface area (Å²) in [5, 5.41) is -0.300. The van der Waals surface area contributed by atoms with Gasteiger partial charge in [0.25, 0.3) is 0 Å². The fourth-order valence-corrected chi connectivity index (χ4v) is 5.16. The Morgan fingerprint density at radius 3 is 2.30 bits per heavy atom. The molecule has 0 heterocycles. The van der Waals surface area contributed by atoms with Crippen LogP contribution in [0.4, 0.5) is 0 Å². The number of hydrogen-bond acceptors (Lipinski definition) is 3. The van der Waals surface area contributed by atoms with Gasteiger partial charge in [0.2, 0.25) is 0 Å². The van der Waals surface area contributed by atoms with Gasteiger partial charge < -0.3 is 5.73 Å². The highest BCUT2D eigenvalue weighted by Crippen LogP contribution is 2.33. The van der Waals surface area contributed by atoms with Crippen molar-refractivity contribution in [2.24, 2.45) is 11.7 Å². The Hall–Kier alpha value is -0.870. The van der Waals surface area contributed by atoms with Gasteiger partial charge in [-0.05, 0) is 48.9 Å². The molecule has 1 aromatic carbocycles. The van der Waals surface area contributed by atoms with Crippen molar-refractivity contribution in [2.75, 3.05) is 6.54 Å². The fourth-order valence-electron chi connectivity index (χ4n) is 3.07. The number of benzene rings is 1. The topological polar surface area (TPSA) is 60.2 Å². The third kappa shape index (κ3) is 3.07. The molecule has 0 aliphatic heterocycles. The van der Waals surface area contributed by atoms with E-state index in [9.17, 15) is 8.42 Å². The Kier molecular flexibility index (Phi) is 4.86. The average molecular weight is 295 g/mol. The summed E-state index contributed by atoms with van der Waals surface area (Å²) in [6, 6.07) is 7.37. The number of rotatable bonds is 4. The van der Waals surface area contributed by atoms with Crippen molar-refractivity contribution in [1.29, 1.82) is 0 Å². The summed E-state index contributed by atoms with van der Waals surface area (Å²) >= 11 is 0. The Morgan fingerprint density at radius 1 is 1.15 bits per heavy atom. The van der Waals surface area contributed by atoms with E-state index in [4.69, 9.17) is 5.73 Å². The minimum atomic E-state index is -3.25. The van der Waals surface area contributed by atoms with Crippen LogP contribution in [-0.2, 0) is 9.84 Å². The average Bonchev–Trinajstić information content (AvgIpc) is 2.47. The summed E-state index contributed by atoms with van der Waals surface area (Å²) < 4.78 is 25.6. The maximum absolute atomic E-state index is 12.8. The minimum Gasteiger partial charge on any atom is -0.330 e. The summed E-state index contributed by atoms with van der Waals surface area (Å²) in [7, 11) is -3.25. The van der Waals surface area contributed by atoms with Gasteiger partial charge in [-0.3, -0.25) is 0 Å². The Labute approximate surface area is 122 Å². The molecule has 1 aromatic rings. The van der Waals surface area contributed by atoms with Crippen LogP contribution < -0.4 is 5.73 Å². The Bertz CT molecular complexity index is 534. The van der Waals surface area contributed by atoms with Gasteiger partial charge >= 0.3 is 0 Å². The molecule has 2 N–H and O–H groups in total. The van der Waals surface area contributed by atoms with Gasteiger partial charge in [-0.25, -0.2) is 8.42 Å². The Balaban J connectivity index is 2.29. The van der Waals surface area contributed by atoms with Crippen LogP contribution in [0.3, 0.4) is 0 Å². The maximum Gasteiger partial charge on any atom is 0.181 e. The van der Waals surface area contributed by atoms with Gasteiger partial charge in [-0.1, -0.05) is 38.8 Å². The smallest absolute Gasteiger partial charge is 0.181 e. The third-order valence-electron chi connectivity index (χ3n) is 4.42. The maximum atomic E-state index is 12.8. The molecule has 20 heavy (non-hydrogen) atoms. The number of sulfone groups is 1. The molecule has 0 radical (unpaired) electrons. The van der Waals surface area contributed by atoms with Crippen LogP contribution in [0.5, 0.6) is 0 Å². The highest BCUT2D eigenvalue weighted by atomic mass is 32.2. The van der Waals surface area contributed by atoms with Crippen molar-refractivity contribution in [3.05, 3.63) is 29.8 Å². The molecule has 3 nitrogen and oxygen atoms in total. The van der Waals surface area contributed by atoms with Gasteiger partial charge in [-0.15, -0.1) is 0 Å². The van der Waals surface area contributed by atoms with Gasteiger partial charge in [-0.2, -0.15) is 0 Å². The molecule has 4 heteroatoms. The molecule has 112 valence electrons. The lowest BCUT2D eigenvalue weighted by Gasteiger charge is -2.30. The first-order valence-electron chi connectivity index (χ1n) is 7.50. The van der Waals surface area contributed by atoms with E-state index in [1.165, 1.54) is 5.56 Å². The molecule has 2 rings (SSSR count). The molecule has 0 spiro atoms. The van der Waals surface area contributed by atoms with Crippen molar-refractivity contribution < 1.29 is 8.42 Å². The van der Waals surface area contributed by atoms with Crippen molar-refractivity contribution in [2.45, 2.75) is 55.6 Å². The molecule has 1 aliphatic rings. The van der Waals surface area contributed by atoms with Crippen molar-refractivity contribution >= 4 is 9.84 Å². The second-order valence-electron chi connectivity index (χ2n) is 6.09. The van der Waals surface area contributed by atoms with Crippen LogP contribution in [0.15, 0.2) is 29.2 Å². The summed E-state index contributed by atoms with van der Waals surface area (Å²) in [6.07, 6.45) is 3.77. The molecule has 0 saturated heterocycles. The monoisotopic (exact) mass is 295 g/mol. The first kappa shape index (κ1) is 15.5. The van der Waals surface area contributed by atoms with Crippen LogP contribution in [0.25, 0.3) is 0 Å². The predicted molar refractivity (Wildman–Crippen MR) is 82.5 cm³/mol. The predicted octanol–water partition coefficient (Wildman–Crippen LogP) is 3.10. The second kappa shape index (κ2) is 6.27. The second-order valence-corrected chi connectivity index (χ2v) is 8.25. The van der Waals surface area contributed by atoms with E-state index in [0.717, 1.165) is 25.7 Å². The van der Waals surface area contributed by atoms with Crippen LogP contribution in [0.2, 0.25) is 0 Å². The summed E-state index contributed by atoms with van der Waals surface area (Å²) in [5.41, 5.74) is 6.94. The SMILES string of the molecule is CC(C)c1ccc(S(=O)(=O)C2CCCCC2CN)cc1. The lowest BCUT2D eigenvalue weighted by atomic mass is 9.89. The van der Waals surface area contributed by atoms with E-state index < -0.39 is 9.84 Å². The van der Waals surface area contributed by atoms with E-state index in [-0.39, 0.29) is 11.2 Å². The molecule has 2 atom stereocenters. The van der Waals surface area contributed by atoms with Gasteiger partial charge in [0.1, 0.15) is 0 Å². The molecule has 1 aliphatic carbocycles. The van der Waals surface area contributed by atoms with E-state index in [1.54, 1.807) is 12.1 Å². The van der Waals surface area contributed by atoms with E-state index >= 15 is 0 Å². The largest absolute Gasteiger partial charge is 0.330 e. The molecule has 1 fully saturated rings. The third-order valence-corrected chi connectivity index (χ3v) is 6.76. The Morgan fingerprint density at radius 2 is 1.75 bits per heavy atom. The zero-order valence-electron chi connectivity index (χ0n) is 12.4. The van der Waals surface area contributed by atoms with Gasteiger partial charge in [0.05, 0.1) is 10.1 Å². The zero-order chi connectivity index (χ0) is 14.8. The minimum absolute atomic E-state index is 0.110. The summed E-state index contributed by atoms with van der Waals surface area (Å²) in [4.78, 5) is 0.451. The molecule has 0 amide bonds. The molecular formula is C16H25NO2S.